The van der Waals surface area contributed by atoms with Crippen molar-refractivity contribution in [1.82, 2.24) is 9.55 Å². The van der Waals surface area contributed by atoms with Crippen LogP contribution in [0.1, 0.15) is 19.2 Å². The molecular weight excluding hydrogens is 268 g/mol. The third kappa shape index (κ3) is 2.87. The van der Waals surface area contributed by atoms with E-state index < -0.39 is 0 Å². The summed E-state index contributed by atoms with van der Waals surface area (Å²) in [5, 5.41) is 0.677. The van der Waals surface area contributed by atoms with Crippen LogP contribution in [0.15, 0.2) is 18.2 Å². The number of aryl methyl sites for hydroxylation is 2. The molecule has 0 aliphatic carbocycles. The lowest BCUT2D eigenvalue weighted by Gasteiger charge is -2.07. The number of halogens is 1. The molecule has 1 heterocycles. The van der Waals surface area contributed by atoms with Crippen LogP contribution in [0, 0.1) is 0 Å². The van der Waals surface area contributed by atoms with Crippen molar-refractivity contribution in [2.45, 2.75) is 26.3 Å². The fourth-order valence-corrected chi connectivity index (χ4v) is 2.33. The summed E-state index contributed by atoms with van der Waals surface area (Å²) in [5.41, 5.74) is 1.90. The van der Waals surface area contributed by atoms with Gasteiger partial charge in [-0.1, -0.05) is 11.6 Å². The Balaban J connectivity index is 2.44. The molecule has 0 N–H and O–H groups in total. The lowest BCUT2D eigenvalue weighted by Crippen LogP contribution is -2.07. The first-order chi connectivity index (χ1) is 8.61. The molecule has 0 amide bonds. The third-order valence-corrected chi connectivity index (χ3v) is 3.27. The smallest absolute Gasteiger partial charge is 0.131 e. The Kier molecular flexibility index (Phi) is 4.30. The van der Waals surface area contributed by atoms with Crippen LogP contribution in [0.25, 0.3) is 11.0 Å². The molecule has 0 spiro atoms. The number of hydrogen-bond donors (Lipinski definition) is 1. The molecule has 5 heteroatoms. The second-order valence-electron chi connectivity index (χ2n) is 4.24. The molecule has 0 aliphatic heterocycles. The Bertz CT molecular complexity index is 580. The van der Waals surface area contributed by atoms with Gasteiger partial charge in [-0.15, -0.1) is 0 Å². The zero-order valence-electron chi connectivity index (χ0n) is 10.2. The molecule has 1 aromatic carbocycles. The molecule has 0 fully saturated rings. The molecular formula is C13H15ClN2OS. The van der Waals surface area contributed by atoms with E-state index in [0.717, 1.165) is 29.0 Å². The zero-order valence-corrected chi connectivity index (χ0v) is 11.8. The highest BCUT2D eigenvalue weighted by Crippen LogP contribution is 2.21. The van der Waals surface area contributed by atoms with Gasteiger partial charge in [-0.25, -0.2) is 4.98 Å². The van der Waals surface area contributed by atoms with Crippen molar-refractivity contribution in [1.29, 1.82) is 0 Å². The molecule has 0 saturated carbocycles. The van der Waals surface area contributed by atoms with Gasteiger partial charge in [0, 0.05) is 24.4 Å². The number of Topliss-reactive ketones (excluding diaryl/α,β-unsaturated/α-hetero) is 1. The van der Waals surface area contributed by atoms with Gasteiger partial charge in [0.05, 0.1) is 11.0 Å². The maximum absolute atomic E-state index is 11.1. The van der Waals surface area contributed by atoms with Crippen LogP contribution >= 0.6 is 24.2 Å². The molecule has 0 saturated heterocycles. The van der Waals surface area contributed by atoms with Crippen LogP contribution in [-0.2, 0) is 17.8 Å². The third-order valence-electron chi connectivity index (χ3n) is 2.81. The number of thiol groups is 1. The number of aromatic nitrogens is 2. The molecule has 0 bridgehead atoms. The quantitative estimate of drug-likeness (QED) is 0.855. The summed E-state index contributed by atoms with van der Waals surface area (Å²) in [4.78, 5) is 15.7. The molecule has 3 nitrogen and oxygen atoms in total. The molecule has 18 heavy (non-hydrogen) atoms. The van der Waals surface area contributed by atoms with E-state index in [2.05, 4.69) is 22.2 Å². The van der Waals surface area contributed by atoms with Gasteiger partial charge in [0.1, 0.15) is 11.6 Å². The maximum atomic E-state index is 11.1. The van der Waals surface area contributed by atoms with Crippen LogP contribution in [-0.4, -0.2) is 21.1 Å². The van der Waals surface area contributed by atoms with Gasteiger partial charge in [-0.2, -0.15) is 12.6 Å². The molecule has 1 aromatic heterocycles. The lowest BCUT2D eigenvalue weighted by molar-refractivity contribution is -0.117. The summed E-state index contributed by atoms with van der Waals surface area (Å²) in [6.07, 6.45) is 1.31. The van der Waals surface area contributed by atoms with Gasteiger partial charge in [0.25, 0.3) is 0 Å². The van der Waals surface area contributed by atoms with E-state index in [0.29, 0.717) is 18.0 Å². The monoisotopic (exact) mass is 282 g/mol. The zero-order chi connectivity index (χ0) is 13.1. The van der Waals surface area contributed by atoms with Crippen LogP contribution < -0.4 is 0 Å². The Hall–Kier alpha value is -1.00. The van der Waals surface area contributed by atoms with Crippen LogP contribution in [0.4, 0.5) is 0 Å². The number of hydrogen-bond acceptors (Lipinski definition) is 3. The lowest BCUT2D eigenvalue weighted by atomic mass is 10.3. The van der Waals surface area contributed by atoms with Gasteiger partial charge < -0.3 is 4.57 Å². The van der Waals surface area contributed by atoms with Crippen molar-refractivity contribution < 1.29 is 4.79 Å². The van der Waals surface area contributed by atoms with E-state index in [4.69, 9.17) is 11.6 Å². The predicted octanol–water partition coefficient (Wildman–Crippen LogP) is 3.14. The van der Waals surface area contributed by atoms with Crippen LogP contribution in [0.3, 0.4) is 0 Å². The Morgan fingerprint density at radius 3 is 2.94 bits per heavy atom. The number of imidazole rings is 1. The molecule has 0 atom stereocenters. The molecule has 0 unspecified atom stereocenters. The van der Waals surface area contributed by atoms with E-state index >= 15 is 0 Å². The SMILES string of the molecule is CC(=O)CCn1c(CCS)nc2cc(Cl)ccc21. The second kappa shape index (κ2) is 5.76. The first-order valence-corrected chi connectivity index (χ1v) is 6.88. The standard InChI is InChI=1S/C13H15ClN2OS/c1-9(17)4-6-16-12-3-2-10(14)8-11(12)15-13(16)5-7-18/h2-3,8,18H,4-7H2,1H3. The normalized spacial score (nSPS) is 11.1. The fourth-order valence-electron chi connectivity index (χ4n) is 1.96. The van der Waals surface area contributed by atoms with Crippen molar-refractivity contribution in [3.05, 3.63) is 29.0 Å². The van der Waals surface area contributed by atoms with Gasteiger partial charge >= 0.3 is 0 Å². The number of ketones is 1. The molecule has 96 valence electrons. The highest BCUT2D eigenvalue weighted by Gasteiger charge is 2.10. The van der Waals surface area contributed by atoms with Crippen molar-refractivity contribution in [3.63, 3.8) is 0 Å². The van der Waals surface area contributed by atoms with Gasteiger partial charge in [-0.3, -0.25) is 4.79 Å². The fraction of sp³-hybridized carbons (Fsp3) is 0.385. The summed E-state index contributed by atoms with van der Waals surface area (Å²) in [6, 6.07) is 5.65. The van der Waals surface area contributed by atoms with Crippen molar-refractivity contribution >= 4 is 41.0 Å². The summed E-state index contributed by atoms with van der Waals surface area (Å²) < 4.78 is 2.09. The molecule has 0 aliphatic rings. The number of nitrogens with zero attached hydrogens (tertiary/aromatic N) is 2. The van der Waals surface area contributed by atoms with Gasteiger partial charge in [0.15, 0.2) is 0 Å². The maximum Gasteiger partial charge on any atom is 0.131 e. The van der Waals surface area contributed by atoms with E-state index in [9.17, 15) is 4.79 Å². The Labute approximate surface area is 117 Å². The minimum absolute atomic E-state index is 0.183. The second-order valence-corrected chi connectivity index (χ2v) is 5.12. The summed E-state index contributed by atoms with van der Waals surface area (Å²) in [5.74, 6) is 1.88. The molecule has 2 aromatic rings. The first-order valence-electron chi connectivity index (χ1n) is 5.87. The van der Waals surface area contributed by atoms with E-state index in [1.807, 2.05) is 18.2 Å². The largest absolute Gasteiger partial charge is 0.328 e. The van der Waals surface area contributed by atoms with Crippen LogP contribution in [0.5, 0.6) is 0 Å². The van der Waals surface area contributed by atoms with E-state index in [-0.39, 0.29) is 5.78 Å². The summed E-state index contributed by atoms with van der Waals surface area (Å²) in [6.45, 7) is 2.27. The number of carbonyl (C=O) groups is 1. The minimum atomic E-state index is 0.183. The number of fused-ring (bicyclic) bond motifs is 1. The topological polar surface area (TPSA) is 34.9 Å². The van der Waals surface area contributed by atoms with E-state index in [1.54, 1.807) is 6.92 Å². The summed E-state index contributed by atoms with van der Waals surface area (Å²) >= 11 is 10.2. The first kappa shape index (κ1) is 13.4. The molecule has 2 rings (SSSR count). The van der Waals surface area contributed by atoms with Crippen molar-refractivity contribution in [3.8, 4) is 0 Å². The number of carbonyl (C=O) groups excluding carboxylic acids is 1. The minimum Gasteiger partial charge on any atom is -0.328 e. The Morgan fingerprint density at radius 2 is 2.28 bits per heavy atom. The van der Waals surface area contributed by atoms with Crippen molar-refractivity contribution in [2.24, 2.45) is 0 Å². The average Bonchev–Trinajstić information content (AvgIpc) is 2.63. The van der Waals surface area contributed by atoms with Crippen molar-refractivity contribution in [2.75, 3.05) is 5.75 Å². The summed E-state index contributed by atoms with van der Waals surface area (Å²) in [7, 11) is 0. The predicted molar refractivity (Wildman–Crippen MR) is 77.6 cm³/mol. The van der Waals surface area contributed by atoms with Gasteiger partial charge in [0.2, 0.25) is 0 Å². The highest BCUT2D eigenvalue weighted by molar-refractivity contribution is 7.80. The molecule has 0 radical (unpaired) electrons. The van der Waals surface area contributed by atoms with Gasteiger partial charge in [-0.05, 0) is 30.9 Å². The number of benzene rings is 1. The number of rotatable bonds is 5. The average molecular weight is 283 g/mol. The van der Waals surface area contributed by atoms with E-state index in [1.165, 1.54) is 0 Å². The highest BCUT2D eigenvalue weighted by atomic mass is 35.5. The Morgan fingerprint density at radius 1 is 1.50 bits per heavy atom. The van der Waals surface area contributed by atoms with Crippen LogP contribution in [0.2, 0.25) is 5.02 Å².